The van der Waals surface area contributed by atoms with E-state index in [0.717, 1.165) is 29.5 Å². The van der Waals surface area contributed by atoms with Crippen LogP contribution in [0, 0.1) is 24.4 Å². The molecule has 0 atom stereocenters. The highest BCUT2D eigenvalue weighted by molar-refractivity contribution is 5.66. The van der Waals surface area contributed by atoms with Crippen molar-refractivity contribution in [3.05, 3.63) is 113 Å². The van der Waals surface area contributed by atoms with E-state index in [4.69, 9.17) is 4.74 Å². The Labute approximate surface area is 192 Å². The molecule has 0 aliphatic rings. The Morgan fingerprint density at radius 1 is 0.667 bits per heavy atom. The molecule has 4 aromatic rings. The van der Waals surface area contributed by atoms with E-state index in [2.05, 4.69) is 6.92 Å². The Balaban J connectivity index is 1.46. The standard InChI is InChI=1S/C29H25F3O/c1-3-4-20-6-10-23(11-7-20)25-15-16-27(29(32)28(25)31)33-18-21-8-12-22(13-9-21)24-14-5-19(2)17-26(24)30/h5-17H,3-4,18H2,1-2H3. The molecule has 0 aromatic heterocycles. The van der Waals surface area contributed by atoms with Gasteiger partial charge in [-0.25, -0.2) is 8.78 Å². The van der Waals surface area contributed by atoms with Crippen LogP contribution in [0.3, 0.4) is 0 Å². The van der Waals surface area contributed by atoms with Crippen LogP contribution >= 0.6 is 0 Å². The predicted molar refractivity (Wildman–Crippen MR) is 127 cm³/mol. The van der Waals surface area contributed by atoms with E-state index in [-0.39, 0.29) is 23.7 Å². The van der Waals surface area contributed by atoms with Gasteiger partial charge in [-0.15, -0.1) is 0 Å². The van der Waals surface area contributed by atoms with Gasteiger partial charge in [0, 0.05) is 11.1 Å². The van der Waals surface area contributed by atoms with Crippen LogP contribution in [0.25, 0.3) is 22.3 Å². The van der Waals surface area contributed by atoms with E-state index in [0.29, 0.717) is 11.1 Å². The van der Waals surface area contributed by atoms with E-state index < -0.39 is 11.6 Å². The van der Waals surface area contributed by atoms with Gasteiger partial charge in [0.1, 0.15) is 12.4 Å². The monoisotopic (exact) mass is 446 g/mol. The molecule has 0 bridgehead atoms. The topological polar surface area (TPSA) is 9.23 Å². The first-order valence-corrected chi connectivity index (χ1v) is 11.0. The van der Waals surface area contributed by atoms with Gasteiger partial charge in [-0.05, 0) is 59.4 Å². The lowest BCUT2D eigenvalue weighted by atomic mass is 10.0. The maximum absolute atomic E-state index is 14.7. The highest BCUT2D eigenvalue weighted by Gasteiger charge is 2.16. The smallest absolute Gasteiger partial charge is 0.201 e. The van der Waals surface area contributed by atoms with Crippen LogP contribution in [0.5, 0.6) is 5.75 Å². The molecule has 4 rings (SSSR count). The van der Waals surface area contributed by atoms with Gasteiger partial charge < -0.3 is 4.74 Å². The lowest BCUT2D eigenvalue weighted by molar-refractivity contribution is 0.285. The number of hydrogen-bond acceptors (Lipinski definition) is 1. The summed E-state index contributed by atoms with van der Waals surface area (Å²) in [5, 5.41) is 0. The number of rotatable bonds is 7. The SMILES string of the molecule is CCCc1ccc(-c2ccc(OCc3ccc(-c4ccc(C)cc4F)cc3)c(F)c2F)cc1. The summed E-state index contributed by atoms with van der Waals surface area (Å²) in [6.07, 6.45) is 1.98. The average Bonchev–Trinajstić information content (AvgIpc) is 2.81. The minimum atomic E-state index is -1.01. The van der Waals surface area contributed by atoms with Gasteiger partial charge in [-0.1, -0.05) is 74.0 Å². The predicted octanol–water partition coefficient (Wildman–Crippen LogP) is 8.28. The second-order valence-corrected chi connectivity index (χ2v) is 8.16. The molecule has 0 amide bonds. The van der Waals surface area contributed by atoms with Crippen LogP contribution in [-0.2, 0) is 13.0 Å². The van der Waals surface area contributed by atoms with Crippen molar-refractivity contribution in [2.24, 2.45) is 0 Å². The number of ether oxygens (including phenoxy) is 1. The molecule has 0 aliphatic heterocycles. The molecule has 1 nitrogen and oxygen atoms in total. The molecule has 4 heteroatoms. The van der Waals surface area contributed by atoms with Gasteiger partial charge in [0.25, 0.3) is 0 Å². The highest BCUT2D eigenvalue weighted by atomic mass is 19.2. The van der Waals surface area contributed by atoms with E-state index in [1.807, 2.05) is 37.3 Å². The fraction of sp³-hybridized carbons (Fsp3) is 0.172. The lowest BCUT2D eigenvalue weighted by Gasteiger charge is -2.12. The summed E-state index contributed by atoms with van der Waals surface area (Å²) in [7, 11) is 0. The molecule has 0 heterocycles. The first-order chi connectivity index (χ1) is 16.0. The van der Waals surface area contributed by atoms with Gasteiger partial charge in [0.05, 0.1) is 0 Å². The third-order valence-electron chi connectivity index (χ3n) is 5.63. The minimum Gasteiger partial charge on any atom is -0.486 e. The summed E-state index contributed by atoms with van der Waals surface area (Å²) in [6, 6.07) is 22.7. The third-order valence-corrected chi connectivity index (χ3v) is 5.63. The average molecular weight is 447 g/mol. The van der Waals surface area contributed by atoms with Crippen LogP contribution in [0.1, 0.15) is 30.0 Å². The van der Waals surface area contributed by atoms with E-state index in [1.54, 1.807) is 30.3 Å². The summed E-state index contributed by atoms with van der Waals surface area (Å²) in [4.78, 5) is 0. The first kappa shape index (κ1) is 22.7. The second kappa shape index (κ2) is 9.95. The van der Waals surface area contributed by atoms with E-state index >= 15 is 0 Å². The third kappa shape index (κ3) is 5.11. The van der Waals surface area contributed by atoms with Gasteiger partial charge in [-0.3, -0.25) is 0 Å². The fourth-order valence-electron chi connectivity index (χ4n) is 3.80. The van der Waals surface area contributed by atoms with Crippen LogP contribution in [0.15, 0.2) is 78.9 Å². The summed E-state index contributed by atoms with van der Waals surface area (Å²) in [6.45, 7) is 4.00. The molecule has 0 N–H and O–H groups in total. The molecule has 0 spiro atoms. The molecule has 0 fully saturated rings. The maximum Gasteiger partial charge on any atom is 0.201 e. The molecule has 0 radical (unpaired) electrons. The fourth-order valence-corrected chi connectivity index (χ4v) is 3.80. The van der Waals surface area contributed by atoms with Crippen LogP contribution in [-0.4, -0.2) is 0 Å². The molecule has 33 heavy (non-hydrogen) atoms. The Hall–Kier alpha value is -3.53. The van der Waals surface area contributed by atoms with Crippen molar-refractivity contribution >= 4 is 0 Å². The Morgan fingerprint density at radius 2 is 1.27 bits per heavy atom. The normalized spacial score (nSPS) is 10.9. The van der Waals surface area contributed by atoms with E-state index in [9.17, 15) is 13.2 Å². The first-order valence-electron chi connectivity index (χ1n) is 11.0. The van der Waals surface area contributed by atoms with Gasteiger partial charge in [-0.2, -0.15) is 4.39 Å². The molecule has 0 unspecified atom stereocenters. The van der Waals surface area contributed by atoms with Crippen molar-refractivity contribution in [1.82, 2.24) is 0 Å². The Bertz CT molecular complexity index is 1250. The van der Waals surface area contributed by atoms with Crippen molar-refractivity contribution in [3.8, 4) is 28.0 Å². The van der Waals surface area contributed by atoms with Crippen molar-refractivity contribution < 1.29 is 17.9 Å². The molecule has 0 saturated carbocycles. The largest absolute Gasteiger partial charge is 0.486 e. The summed E-state index contributed by atoms with van der Waals surface area (Å²) >= 11 is 0. The van der Waals surface area contributed by atoms with Crippen molar-refractivity contribution in [1.29, 1.82) is 0 Å². The highest BCUT2D eigenvalue weighted by Crippen LogP contribution is 2.31. The van der Waals surface area contributed by atoms with Crippen molar-refractivity contribution in [2.75, 3.05) is 0 Å². The van der Waals surface area contributed by atoms with Crippen LogP contribution in [0.4, 0.5) is 13.2 Å². The van der Waals surface area contributed by atoms with Crippen LogP contribution in [0.2, 0.25) is 0 Å². The molecule has 4 aromatic carbocycles. The quantitative estimate of drug-likeness (QED) is 0.278. The number of aryl methyl sites for hydroxylation is 2. The van der Waals surface area contributed by atoms with Gasteiger partial charge in [0.15, 0.2) is 11.6 Å². The summed E-state index contributed by atoms with van der Waals surface area (Å²) in [5.41, 5.74) is 4.86. The molecular weight excluding hydrogens is 421 g/mol. The summed E-state index contributed by atoms with van der Waals surface area (Å²) < 4.78 is 49.1. The van der Waals surface area contributed by atoms with Crippen molar-refractivity contribution in [2.45, 2.75) is 33.3 Å². The molecular formula is C29H25F3O. The zero-order valence-corrected chi connectivity index (χ0v) is 18.7. The zero-order chi connectivity index (χ0) is 23.4. The Kier molecular flexibility index (Phi) is 6.83. The maximum atomic E-state index is 14.7. The molecule has 168 valence electrons. The molecule has 0 saturated heterocycles. The Morgan fingerprint density at radius 3 is 1.91 bits per heavy atom. The minimum absolute atomic E-state index is 0.0675. The van der Waals surface area contributed by atoms with Crippen LogP contribution < -0.4 is 4.74 Å². The molecule has 0 aliphatic carbocycles. The number of hydrogen-bond donors (Lipinski definition) is 0. The lowest BCUT2D eigenvalue weighted by Crippen LogP contribution is -2.00. The van der Waals surface area contributed by atoms with Gasteiger partial charge >= 0.3 is 0 Å². The van der Waals surface area contributed by atoms with Crippen molar-refractivity contribution in [3.63, 3.8) is 0 Å². The van der Waals surface area contributed by atoms with E-state index in [1.165, 1.54) is 23.8 Å². The zero-order valence-electron chi connectivity index (χ0n) is 18.7. The number of halogens is 3. The summed E-state index contributed by atoms with van der Waals surface area (Å²) in [5.74, 6) is -2.37. The van der Waals surface area contributed by atoms with Gasteiger partial charge in [0.2, 0.25) is 5.82 Å². The second-order valence-electron chi connectivity index (χ2n) is 8.16. The number of benzene rings is 4.